The highest BCUT2D eigenvalue weighted by Gasteiger charge is 1.94. The summed E-state index contributed by atoms with van der Waals surface area (Å²) in [6.07, 6.45) is 0. The number of alkyl halides is 1. The molecule has 0 saturated heterocycles. The first-order valence-electron chi connectivity index (χ1n) is 3.63. The van der Waals surface area contributed by atoms with E-state index in [0.29, 0.717) is 6.54 Å². The zero-order valence-corrected chi connectivity index (χ0v) is 7.38. The van der Waals surface area contributed by atoms with Gasteiger partial charge in [-0.25, -0.2) is 4.39 Å². The van der Waals surface area contributed by atoms with Crippen molar-refractivity contribution in [2.75, 3.05) is 13.2 Å². The topological polar surface area (TPSA) is 12.0 Å². The maximum atomic E-state index is 11.6. The van der Waals surface area contributed by atoms with Crippen LogP contribution in [-0.2, 0) is 6.54 Å². The molecule has 0 radical (unpaired) electrons. The molecular weight excluding hydrogens is 161 g/mol. The monoisotopic (exact) mass is 173 g/mol. The fourth-order valence-electron chi connectivity index (χ4n) is 0.862. The van der Waals surface area contributed by atoms with E-state index in [1.165, 1.54) is 10.4 Å². The number of rotatable bonds is 4. The molecule has 0 aromatic carbocycles. The number of hydrogen-bond donors (Lipinski definition) is 1. The van der Waals surface area contributed by atoms with Gasteiger partial charge in [-0.15, -0.1) is 11.3 Å². The predicted octanol–water partition coefficient (Wildman–Crippen LogP) is 2.12. The molecular formula is C8H12FNS. The molecule has 1 aromatic rings. The Morgan fingerprint density at radius 2 is 2.45 bits per heavy atom. The molecule has 0 atom stereocenters. The Bertz CT molecular complexity index is 210. The molecule has 0 spiro atoms. The van der Waals surface area contributed by atoms with E-state index in [-0.39, 0.29) is 6.67 Å². The Balaban J connectivity index is 2.27. The minimum Gasteiger partial charge on any atom is -0.309 e. The third kappa shape index (κ3) is 2.99. The van der Waals surface area contributed by atoms with Crippen LogP contribution in [0.15, 0.2) is 11.4 Å². The Hall–Kier alpha value is -0.410. The molecule has 0 saturated carbocycles. The van der Waals surface area contributed by atoms with Gasteiger partial charge in [-0.05, 0) is 23.9 Å². The van der Waals surface area contributed by atoms with Gasteiger partial charge in [0, 0.05) is 18.0 Å². The molecule has 0 fully saturated rings. The molecule has 11 heavy (non-hydrogen) atoms. The molecule has 0 amide bonds. The van der Waals surface area contributed by atoms with Crippen molar-refractivity contribution in [2.24, 2.45) is 0 Å². The van der Waals surface area contributed by atoms with Crippen LogP contribution in [0.5, 0.6) is 0 Å². The van der Waals surface area contributed by atoms with E-state index in [0.717, 1.165) is 6.54 Å². The molecule has 1 heterocycles. The molecule has 1 aromatic heterocycles. The first-order chi connectivity index (χ1) is 5.33. The lowest BCUT2D eigenvalue weighted by molar-refractivity contribution is 0.467. The van der Waals surface area contributed by atoms with E-state index in [4.69, 9.17) is 0 Å². The van der Waals surface area contributed by atoms with Crippen LogP contribution in [0.3, 0.4) is 0 Å². The molecule has 1 rings (SSSR count). The molecule has 1 N–H and O–H groups in total. The molecule has 3 heteroatoms. The number of thiophene rings is 1. The van der Waals surface area contributed by atoms with Gasteiger partial charge in [-0.2, -0.15) is 0 Å². The zero-order chi connectivity index (χ0) is 8.10. The van der Waals surface area contributed by atoms with Crippen LogP contribution >= 0.6 is 11.3 Å². The first kappa shape index (κ1) is 8.68. The van der Waals surface area contributed by atoms with Crippen molar-refractivity contribution in [1.82, 2.24) is 5.32 Å². The highest BCUT2D eigenvalue weighted by molar-refractivity contribution is 7.10. The maximum Gasteiger partial charge on any atom is 0.102 e. The van der Waals surface area contributed by atoms with Crippen LogP contribution in [0.1, 0.15) is 10.4 Å². The van der Waals surface area contributed by atoms with Crippen molar-refractivity contribution in [3.63, 3.8) is 0 Å². The van der Waals surface area contributed by atoms with Crippen LogP contribution in [-0.4, -0.2) is 13.2 Å². The highest BCUT2D eigenvalue weighted by Crippen LogP contribution is 2.12. The smallest absolute Gasteiger partial charge is 0.102 e. The average Bonchev–Trinajstić information content (AvgIpc) is 2.37. The maximum absolute atomic E-state index is 11.6. The summed E-state index contributed by atoms with van der Waals surface area (Å²) in [5.74, 6) is 0. The normalized spacial score (nSPS) is 10.4. The van der Waals surface area contributed by atoms with Crippen molar-refractivity contribution in [2.45, 2.75) is 13.5 Å². The summed E-state index contributed by atoms with van der Waals surface area (Å²) in [6, 6.07) is 2.12. The van der Waals surface area contributed by atoms with Crippen LogP contribution in [0.25, 0.3) is 0 Å². The van der Waals surface area contributed by atoms with E-state index in [1.807, 2.05) is 0 Å². The van der Waals surface area contributed by atoms with E-state index in [9.17, 15) is 4.39 Å². The van der Waals surface area contributed by atoms with E-state index < -0.39 is 0 Å². The van der Waals surface area contributed by atoms with Crippen molar-refractivity contribution < 1.29 is 4.39 Å². The minimum absolute atomic E-state index is 0.287. The van der Waals surface area contributed by atoms with Gasteiger partial charge in [-0.3, -0.25) is 0 Å². The Kier molecular flexibility index (Phi) is 3.52. The predicted molar refractivity (Wildman–Crippen MR) is 46.7 cm³/mol. The summed E-state index contributed by atoms with van der Waals surface area (Å²) in [5.41, 5.74) is 1.28. The standard InChI is InChI=1S/C8H12FNS/c1-7-4-8(11-6-7)5-10-3-2-9/h4,6,10H,2-3,5H2,1H3. The number of aryl methyl sites for hydroxylation is 1. The lowest BCUT2D eigenvalue weighted by Gasteiger charge is -1.96. The van der Waals surface area contributed by atoms with Gasteiger partial charge in [0.15, 0.2) is 0 Å². The Morgan fingerprint density at radius 1 is 1.64 bits per heavy atom. The minimum atomic E-state index is -0.287. The van der Waals surface area contributed by atoms with Crippen molar-refractivity contribution in [3.05, 3.63) is 21.9 Å². The van der Waals surface area contributed by atoms with Gasteiger partial charge in [0.25, 0.3) is 0 Å². The summed E-state index contributed by atoms with van der Waals surface area (Å²) in [4.78, 5) is 1.27. The average molecular weight is 173 g/mol. The molecule has 0 aliphatic heterocycles. The Labute approximate surface area is 70.2 Å². The second-order valence-electron chi connectivity index (χ2n) is 2.46. The second-order valence-corrected chi connectivity index (χ2v) is 3.45. The zero-order valence-electron chi connectivity index (χ0n) is 6.56. The van der Waals surface area contributed by atoms with Gasteiger partial charge in [0.1, 0.15) is 6.67 Å². The van der Waals surface area contributed by atoms with Crippen LogP contribution in [0, 0.1) is 6.92 Å². The quantitative estimate of drug-likeness (QED) is 0.688. The summed E-state index contributed by atoms with van der Waals surface area (Å²) in [6.45, 7) is 3.03. The van der Waals surface area contributed by atoms with Gasteiger partial charge in [0.05, 0.1) is 0 Å². The third-order valence-corrected chi connectivity index (χ3v) is 2.41. The van der Waals surface area contributed by atoms with Gasteiger partial charge in [-0.1, -0.05) is 0 Å². The van der Waals surface area contributed by atoms with Crippen molar-refractivity contribution in [3.8, 4) is 0 Å². The third-order valence-electron chi connectivity index (χ3n) is 1.36. The van der Waals surface area contributed by atoms with Crippen molar-refractivity contribution in [1.29, 1.82) is 0 Å². The van der Waals surface area contributed by atoms with Crippen LogP contribution < -0.4 is 5.32 Å². The molecule has 0 aliphatic carbocycles. The fraction of sp³-hybridized carbons (Fsp3) is 0.500. The van der Waals surface area contributed by atoms with Gasteiger partial charge in [0.2, 0.25) is 0 Å². The summed E-state index contributed by atoms with van der Waals surface area (Å²) < 4.78 is 11.6. The van der Waals surface area contributed by atoms with Gasteiger partial charge < -0.3 is 5.32 Å². The number of halogens is 1. The number of nitrogens with one attached hydrogen (secondary N) is 1. The fourth-order valence-corrected chi connectivity index (χ4v) is 1.71. The molecule has 0 aliphatic rings. The van der Waals surface area contributed by atoms with Gasteiger partial charge >= 0.3 is 0 Å². The molecule has 62 valence electrons. The molecule has 0 unspecified atom stereocenters. The first-order valence-corrected chi connectivity index (χ1v) is 4.51. The van der Waals surface area contributed by atoms with E-state index in [1.54, 1.807) is 11.3 Å². The second kappa shape index (κ2) is 4.46. The summed E-state index contributed by atoms with van der Waals surface area (Å²) in [5, 5.41) is 5.10. The largest absolute Gasteiger partial charge is 0.309 e. The van der Waals surface area contributed by atoms with E-state index in [2.05, 4.69) is 23.7 Å². The highest BCUT2D eigenvalue weighted by atomic mass is 32.1. The lowest BCUT2D eigenvalue weighted by atomic mass is 10.3. The molecule has 1 nitrogen and oxygen atoms in total. The van der Waals surface area contributed by atoms with Crippen LogP contribution in [0.4, 0.5) is 4.39 Å². The number of hydrogen-bond acceptors (Lipinski definition) is 2. The lowest BCUT2D eigenvalue weighted by Crippen LogP contribution is -2.14. The summed E-state index contributed by atoms with van der Waals surface area (Å²) >= 11 is 1.72. The Morgan fingerprint density at radius 3 is 3.00 bits per heavy atom. The van der Waals surface area contributed by atoms with Crippen LogP contribution in [0.2, 0.25) is 0 Å². The SMILES string of the molecule is Cc1csc(CNCCF)c1. The van der Waals surface area contributed by atoms with E-state index >= 15 is 0 Å². The molecule has 0 bridgehead atoms. The summed E-state index contributed by atoms with van der Waals surface area (Å²) in [7, 11) is 0. The van der Waals surface area contributed by atoms with Crippen molar-refractivity contribution >= 4 is 11.3 Å².